The van der Waals surface area contributed by atoms with Gasteiger partial charge in [0.1, 0.15) is 0 Å². The number of hydrogen-bond acceptors (Lipinski definition) is 1. The van der Waals surface area contributed by atoms with Gasteiger partial charge in [0.05, 0.1) is 0 Å². The lowest BCUT2D eigenvalue weighted by atomic mass is 9.99. The maximum Gasteiger partial charge on any atom is 0.0435 e. The first-order chi connectivity index (χ1) is 7.54. The second-order valence-corrected chi connectivity index (χ2v) is 4.75. The van der Waals surface area contributed by atoms with Crippen LogP contribution in [0.25, 0.3) is 0 Å². The molecule has 1 aromatic rings. The van der Waals surface area contributed by atoms with Gasteiger partial charge in [0.15, 0.2) is 0 Å². The van der Waals surface area contributed by atoms with Gasteiger partial charge in [-0.05, 0) is 50.9 Å². The molecule has 1 nitrogen and oxygen atoms in total. The second-order valence-electron chi connectivity index (χ2n) is 4.35. The van der Waals surface area contributed by atoms with Gasteiger partial charge in [-0.15, -0.1) is 6.58 Å². The average Bonchev–Trinajstić information content (AvgIpc) is 2.23. The van der Waals surface area contributed by atoms with Crippen LogP contribution >= 0.6 is 11.6 Å². The van der Waals surface area contributed by atoms with Crippen LogP contribution in [0.5, 0.6) is 0 Å². The first-order valence-electron chi connectivity index (χ1n) is 5.62. The monoisotopic (exact) mass is 237 g/mol. The first-order valence-corrected chi connectivity index (χ1v) is 6.00. The maximum atomic E-state index is 6.02. The molecule has 0 bridgehead atoms. The summed E-state index contributed by atoms with van der Waals surface area (Å²) in [5, 5.41) is 4.17. The number of nitrogens with one attached hydrogen (secondary N) is 1. The minimum absolute atomic E-state index is 0.382. The largest absolute Gasteiger partial charge is 0.313 e. The summed E-state index contributed by atoms with van der Waals surface area (Å²) in [7, 11) is 1.99. The van der Waals surface area contributed by atoms with E-state index >= 15 is 0 Å². The van der Waals surface area contributed by atoms with Crippen LogP contribution in [-0.4, -0.2) is 7.05 Å². The van der Waals surface area contributed by atoms with Crippen LogP contribution < -0.4 is 5.32 Å². The highest BCUT2D eigenvalue weighted by Gasteiger charge is 2.09. The predicted molar refractivity (Wildman–Crippen MR) is 72.0 cm³/mol. The number of allylic oxidation sites excluding steroid dienone is 1. The SMILES string of the molecule is C=C(C)CCC(NC)c1ccc(Cl)c(C)c1. The summed E-state index contributed by atoms with van der Waals surface area (Å²) in [6.07, 6.45) is 2.13. The van der Waals surface area contributed by atoms with Gasteiger partial charge in [-0.25, -0.2) is 0 Å². The van der Waals surface area contributed by atoms with Crippen molar-refractivity contribution in [1.82, 2.24) is 5.32 Å². The van der Waals surface area contributed by atoms with Crippen LogP contribution in [0.2, 0.25) is 5.02 Å². The third-order valence-corrected chi connectivity index (χ3v) is 3.22. The highest BCUT2D eigenvalue weighted by Crippen LogP contribution is 2.24. The lowest BCUT2D eigenvalue weighted by Crippen LogP contribution is -2.16. The maximum absolute atomic E-state index is 6.02. The van der Waals surface area contributed by atoms with Crippen molar-refractivity contribution in [1.29, 1.82) is 0 Å². The predicted octanol–water partition coefficient (Wildman–Crippen LogP) is 4.27. The molecule has 88 valence electrons. The standard InChI is InChI=1S/C14H20ClN/c1-10(2)5-8-14(16-4)12-6-7-13(15)11(3)9-12/h6-7,9,14,16H,1,5,8H2,2-4H3. The van der Waals surface area contributed by atoms with E-state index in [2.05, 4.69) is 31.0 Å². The van der Waals surface area contributed by atoms with Crippen LogP contribution in [0.4, 0.5) is 0 Å². The third kappa shape index (κ3) is 3.66. The van der Waals surface area contributed by atoms with Gasteiger partial charge < -0.3 is 5.32 Å². The molecule has 1 atom stereocenters. The van der Waals surface area contributed by atoms with E-state index in [-0.39, 0.29) is 0 Å². The van der Waals surface area contributed by atoms with Crippen molar-refractivity contribution in [3.8, 4) is 0 Å². The Balaban J connectivity index is 2.78. The average molecular weight is 238 g/mol. The molecule has 0 radical (unpaired) electrons. The molecule has 0 spiro atoms. The Labute approximate surface area is 104 Å². The summed E-state index contributed by atoms with van der Waals surface area (Å²) in [4.78, 5) is 0. The summed E-state index contributed by atoms with van der Waals surface area (Å²) in [6, 6.07) is 6.60. The minimum Gasteiger partial charge on any atom is -0.313 e. The fourth-order valence-electron chi connectivity index (χ4n) is 1.75. The zero-order chi connectivity index (χ0) is 12.1. The summed E-state index contributed by atoms with van der Waals surface area (Å²) in [6.45, 7) is 8.05. The van der Waals surface area contributed by atoms with E-state index in [1.807, 2.05) is 20.0 Å². The Morgan fingerprint density at radius 3 is 2.69 bits per heavy atom. The van der Waals surface area contributed by atoms with E-state index in [0.717, 1.165) is 23.4 Å². The summed E-state index contributed by atoms with van der Waals surface area (Å²) < 4.78 is 0. The highest BCUT2D eigenvalue weighted by atomic mass is 35.5. The van der Waals surface area contributed by atoms with Crippen molar-refractivity contribution in [3.05, 3.63) is 46.5 Å². The van der Waals surface area contributed by atoms with Gasteiger partial charge in [-0.3, -0.25) is 0 Å². The van der Waals surface area contributed by atoms with E-state index in [1.165, 1.54) is 11.1 Å². The molecule has 16 heavy (non-hydrogen) atoms. The minimum atomic E-state index is 0.382. The third-order valence-electron chi connectivity index (χ3n) is 2.79. The molecule has 1 unspecified atom stereocenters. The fourth-order valence-corrected chi connectivity index (χ4v) is 1.87. The van der Waals surface area contributed by atoms with Crippen molar-refractivity contribution < 1.29 is 0 Å². The Morgan fingerprint density at radius 1 is 1.50 bits per heavy atom. The molecule has 0 fully saturated rings. The van der Waals surface area contributed by atoms with Crippen LogP contribution in [0.15, 0.2) is 30.4 Å². The Kier molecular flexibility index (Phi) is 5.04. The summed E-state index contributed by atoms with van der Waals surface area (Å²) in [5.74, 6) is 0. The topological polar surface area (TPSA) is 12.0 Å². The van der Waals surface area contributed by atoms with E-state index in [9.17, 15) is 0 Å². The van der Waals surface area contributed by atoms with Crippen molar-refractivity contribution in [2.45, 2.75) is 32.7 Å². The van der Waals surface area contributed by atoms with Gasteiger partial charge in [-0.1, -0.05) is 29.3 Å². The van der Waals surface area contributed by atoms with E-state index in [4.69, 9.17) is 11.6 Å². The van der Waals surface area contributed by atoms with E-state index in [1.54, 1.807) is 0 Å². The number of rotatable bonds is 5. The first kappa shape index (κ1) is 13.3. The lowest BCUT2D eigenvalue weighted by molar-refractivity contribution is 0.548. The number of aryl methyl sites for hydroxylation is 1. The molecule has 0 saturated carbocycles. The molecule has 0 aliphatic carbocycles. The number of benzene rings is 1. The zero-order valence-corrected chi connectivity index (χ0v) is 11.1. The molecular weight excluding hydrogens is 218 g/mol. The van der Waals surface area contributed by atoms with Crippen molar-refractivity contribution in [2.75, 3.05) is 7.05 Å². The zero-order valence-electron chi connectivity index (χ0n) is 10.3. The van der Waals surface area contributed by atoms with E-state index < -0.39 is 0 Å². The second kappa shape index (κ2) is 6.07. The highest BCUT2D eigenvalue weighted by molar-refractivity contribution is 6.31. The van der Waals surface area contributed by atoms with Gasteiger partial charge in [0, 0.05) is 11.1 Å². The van der Waals surface area contributed by atoms with Gasteiger partial charge in [-0.2, -0.15) is 0 Å². The summed E-state index contributed by atoms with van der Waals surface area (Å²) >= 11 is 6.02. The Morgan fingerprint density at radius 2 is 2.19 bits per heavy atom. The fraction of sp³-hybridized carbons (Fsp3) is 0.429. The normalized spacial score (nSPS) is 12.5. The summed E-state index contributed by atoms with van der Waals surface area (Å²) in [5.41, 5.74) is 3.66. The molecule has 1 aromatic carbocycles. The lowest BCUT2D eigenvalue weighted by Gasteiger charge is -2.17. The molecule has 1 N–H and O–H groups in total. The molecule has 2 heteroatoms. The van der Waals surface area contributed by atoms with Crippen LogP contribution in [-0.2, 0) is 0 Å². The molecule has 0 heterocycles. The molecule has 0 saturated heterocycles. The molecule has 0 aliphatic rings. The van der Waals surface area contributed by atoms with Crippen LogP contribution in [0, 0.1) is 6.92 Å². The van der Waals surface area contributed by atoms with E-state index in [0.29, 0.717) is 6.04 Å². The molecule has 0 amide bonds. The van der Waals surface area contributed by atoms with Crippen molar-refractivity contribution >= 4 is 11.6 Å². The number of halogens is 1. The van der Waals surface area contributed by atoms with Crippen LogP contribution in [0.1, 0.15) is 36.9 Å². The molecule has 0 aliphatic heterocycles. The van der Waals surface area contributed by atoms with Crippen molar-refractivity contribution in [3.63, 3.8) is 0 Å². The van der Waals surface area contributed by atoms with Crippen LogP contribution in [0.3, 0.4) is 0 Å². The van der Waals surface area contributed by atoms with Gasteiger partial charge in [0.25, 0.3) is 0 Å². The Bertz CT molecular complexity index is 371. The smallest absolute Gasteiger partial charge is 0.0435 e. The van der Waals surface area contributed by atoms with Gasteiger partial charge >= 0.3 is 0 Å². The molecule has 0 aromatic heterocycles. The van der Waals surface area contributed by atoms with Crippen molar-refractivity contribution in [2.24, 2.45) is 0 Å². The number of hydrogen-bond donors (Lipinski definition) is 1. The Hall–Kier alpha value is -0.790. The molecular formula is C14H20ClN. The molecule has 1 rings (SSSR count). The van der Waals surface area contributed by atoms with Gasteiger partial charge in [0.2, 0.25) is 0 Å². The quantitative estimate of drug-likeness (QED) is 0.755.